The second-order valence-corrected chi connectivity index (χ2v) is 4.59. The third-order valence-electron chi connectivity index (χ3n) is 3.18. The Hall–Kier alpha value is -2.28. The van der Waals surface area contributed by atoms with E-state index in [0.717, 1.165) is 23.4 Å². The molecule has 0 aliphatic carbocycles. The van der Waals surface area contributed by atoms with Crippen molar-refractivity contribution < 1.29 is 0 Å². The zero-order valence-electron chi connectivity index (χ0n) is 11.6. The molecule has 4 nitrogen and oxygen atoms in total. The number of aromatic nitrogens is 2. The van der Waals surface area contributed by atoms with Gasteiger partial charge in [0.25, 0.3) is 0 Å². The standard InChI is InChI=1S/C15H18N4/c1-4-14-12(10-19(3)18-14)9-17-15-7-5-6-11(2)13(15)8-16/h5-7,10,17H,4,9H2,1-3H3. The van der Waals surface area contributed by atoms with Gasteiger partial charge in [0.1, 0.15) is 6.07 Å². The summed E-state index contributed by atoms with van der Waals surface area (Å²) < 4.78 is 1.83. The van der Waals surface area contributed by atoms with Crippen molar-refractivity contribution >= 4 is 5.69 Å². The van der Waals surface area contributed by atoms with Crippen molar-refractivity contribution in [1.82, 2.24) is 9.78 Å². The van der Waals surface area contributed by atoms with Crippen molar-refractivity contribution in [1.29, 1.82) is 5.26 Å². The molecule has 0 atom stereocenters. The first-order valence-corrected chi connectivity index (χ1v) is 6.40. The fourth-order valence-electron chi connectivity index (χ4n) is 2.18. The average Bonchev–Trinajstić information content (AvgIpc) is 2.76. The van der Waals surface area contributed by atoms with Crippen molar-refractivity contribution in [3.63, 3.8) is 0 Å². The number of aryl methyl sites for hydroxylation is 3. The van der Waals surface area contributed by atoms with Gasteiger partial charge in [-0.1, -0.05) is 19.1 Å². The molecule has 0 fully saturated rings. The first-order valence-electron chi connectivity index (χ1n) is 6.40. The van der Waals surface area contributed by atoms with Crippen LogP contribution in [0.5, 0.6) is 0 Å². The van der Waals surface area contributed by atoms with E-state index in [1.54, 1.807) is 0 Å². The van der Waals surface area contributed by atoms with Crippen LogP contribution in [0.3, 0.4) is 0 Å². The van der Waals surface area contributed by atoms with Gasteiger partial charge in [-0.05, 0) is 25.0 Å². The van der Waals surface area contributed by atoms with E-state index >= 15 is 0 Å². The SMILES string of the molecule is CCc1nn(C)cc1CNc1cccc(C)c1C#N. The molecule has 98 valence electrons. The van der Waals surface area contributed by atoms with Crippen LogP contribution in [0.2, 0.25) is 0 Å². The largest absolute Gasteiger partial charge is 0.380 e. The van der Waals surface area contributed by atoms with Crippen LogP contribution in [0.15, 0.2) is 24.4 Å². The van der Waals surface area contributed by atoms with Gasteiger partial charge in [-0.15, -0.1) is 0 Å². The van der Waals surface area contributed by atoms with Crippen molar-refractivity contribution in [3.8, 4) is 6.07 Å². The van der Waals surface area contributed by atoms with Gasteiger partial charge in [-0.25, -0.2) is 0 Å². The van der Waals surface area contributed by atoms with Gasteiger partial charge in [0.2, 0.25) is 0 Å². The van der Waals surface area contributed by atoms with Gasteiger partial charge in [-0.3, -0.25) is 4.68 Å². The highest BCUT2D eigenvalue weighted by atomic mass is 15.3. The number of benzene rings is 1. The summed E-state index contributed by atoms with van der Waals surface area (Å²) in [5.74, 6) is 0. The molecule has 0 radical (unpaired) electrons. The zero-order chi connectivity index (χ0) is 13.8. The summed E-state index contributed by atoms with van der Waals surface area (Å²) in [4.78, 5) is 0. The summed E-state index contributed by atoms with van der Waals surface area (Å²) in [6, 6.07) is 8.10. The minimum atomic E-state index is 0.690. The Morgan fingerprint density at radius 1 is 1.42 bits per heavy atom. The number of hydrogen-bond acceptors (Lipinski definition) is 3. The van der Waals surface area contributed by atoms with E-state index in [0.29, 0.717) is 12.1 Å². The quantitative estimate of drug-likeness (QED) is 0.912. The number of nitriles is 1. The third-order valence-corrected chi connectivity index (χ3v) is 3.18. The number of nitrogens with one attached hydrogen (secondary N) is 1. The summed E-state index contributed by atoms with van der Waals surface area (Å²) >= 11 is 0. The molecule has 0 amide bonds. The number of hydrogen-bond donors (Lipinski definition) is 1. The van der Waals surface area contributed by atoms with Crippen LogP contribution < -0.4 is 5.32 Å². The van der Waals surface area contributed by atoms with Crippen LogP contribution in [0, 0.1) is 18.3 Å². The second-order valence-electron chi connectivity index (χ2n) is 4.59. The second kappa shape index (κ2) is 5.57. The smallest absolute Gasteiger partial charge is 0.102 e. The molecule has 2 aromatic rings. The molecule has 0 bridgehead atoms. The Morgan fingerprint density at radius 2 is 2.21 bits per heavy atom. The molecule has 0 unspecified atom stereocenters. The first-order chi connectivity index (χ1) is 9.15. The summed E-state index contributed by atoms with van der Waals surface area (Å²) in [7, 11) is 1.93. The Kier molecular flexibility index (Phi) is 3.86. The minimum Gasteiger partial charge on any atom is -0.380 e. The molecule has 0 aliphatic rings. The molecule has 1 N–H and O–H groups in total. The molecule has 1 aromatic carbocycles. The maximum atomic E-state index is 9.19. The maximum Gasteiger partial charge on any atom is 0.102 e. The van der Waals surface area contributed by atoms with Gasteiger partial charge in [-0.2, -0.15) is 10.4 Å². The lowest BCUT2D eigenvalue weighted by Gasteiger charge is -2.09. The summed E-state index contributed by atoms with van der Waals surface area (Å²) in [6.45, 7) is 4.74. The van der Waals surface area contributed by atoms with Crippen LogP contribution in [0.25, 0.3) is 0 Å². The molecule has 0 aliphatic heterocycles. The highest BCUT2D eigenvalue weighted by molar-refractivity contribution is 5.60. The molecule has 4 heteroatoms. The molecule has 1 aromatic heterocycles. The average molecular weight is 254 g/mol. The van der Waals surface area contributed by atoms with E-state index < -0.39 is 0 Å². The van der Waals surface area contributed by atoms with Crippen LogP contribution >= 0.6 is 0 Å². The van der Waals surface area contributed by atoms with E-state index in [4.69, 9.17) is 0 Å². The van der Waals surface area contributed by atoms with Gasteiger partial charge in [0.05, 0.1) is 16.9 Å². The van der Waals surface area contributed by atoms with Crippen molar-refractivity contribution in [2.24, 2.45) is 7.05 Å². The van der Waals surface area contributed by atoms with E-state index in [-0.39, 0.29) is 0 Å². The minimum absolute atomic E-state index is 0.690. The Balaban J connectivity index is 2.19. The molecule has 0 saturated heterocycles. The monoisotopic (exact) mass is 254 g/mol. The number of anilines is 1. The van der Waals surface area contributed by atoms with E-state index in [1.807, 2.05) is 43.0 Å². The van der Waals surface area contributed by atoms with Gasteiger partial charge in [0.15, 0.2) is 0 Å². The van der Waals surface area contributed by atoms with Gasteiger partial charge >= 0.3 is 0 Å². The van der Waals surface area contributed by atoms with Crippen molar-refractivity contribution in [2.75, 3.05) is 5.32 Å². The molecule has 1 heterocycles. The first kappa shape index (κ1) is 13.2. The summed E-state index contributed by atoms with van der Waals surface area (Å²) in [5.41, 5.74) is 4.86. The van der Waals surface area contributed by atoms with E-state index in [2.05, 4.69) is 23.4 Å². The lowest BCUT2D eigenvalue weighted by molar-refractivity contribution is 0.746. The predicted molar refractivity (Wildman–Crippen MR) is 75.8 cm³/mol. The Labute approximate surface area is 113 Å². The lowest BCUT2D eigenvalue weighted by atomic mass is 10.1. The van der Waals surface area contributed by atoms with Gasteiger partial charge in [0, 0.05) is 25.4 Å². The fourth-order valence-corrected chi connectivity index (χ4v) is 2.18. The highest BCUT2D eigenvalue weighted by Crippen LogP contribution is 2.19. The van der Waals surface area contributed by atoms with E-state index in [9.17, 15) is 5.26 Å². The molecule has 2 rings (SSSR count). The Bertz CT molecular complexity index is 620. The van der Waals surface area contributed by atoms with Crippen molar-refractivity contribution in [2.45, 2.75) is 26.8 Å². The lowest BCUT2D eigenvalue weighted by Crippen LogP contribution is -2.03. The Morgan fingerprint density at radius 3 is 2.89 bits per heavy atom. The summed E-state index contributed by atoms with van der Waals surface area (Å²) in [5, 5.41) is 16.9. The fraction of sp³-hybridized carbons (Fsp3) is 0.333. The molecule has 0 spiro atoms. The summed E-state index contributed by atoms with van der Waals surface area (Å²) in [6.07, 6.45) is 2.93. The van der Waals surface area contributed by atoms with Crippen LogP contribution in [0.1, 0.15) is 29.3 Å². The van der Waals surface area contributed by atoms with Crippen LogP contribution in [-0.4, -0.2) is 9.78 Å². The normalized spacial score (nSPS) is 10.2. The number of rotatable bonds is 4. The molecule has 19 heavy (non-hydrogen) atoms. The van der Waals surface area contributed by atoms with Gasteiger partial charge < -0.3 is 5.32 Å². The van der Waals surface area contributed by atoms with Crippen molar-refractivity contribution in [3.05, 3.63) is 46.8 Å². The number of nitrogens with zero attached hydrogens (tertiary/aromatic N) is 3. The molecular formula is C15H18N4. The molecular weight excluding hydrogens is 236 g/mol. The third kappa shape index (κ3) is 2.76. The zero-order valence-corrected chi connectivity index (χ0v) is 11.6. The maximum absolute atomic E-state index is 9.19. The molecule has 0 saturated carbocycles. The van der Waals surface area contributed by atoms with Crippen LogP contribution in [-0.2, 0) is 20.0 Å². The highest BCUT2D eigenvalue weighted by Gasteiger charge is 2.08. The van der Waals surface area contributed by atoms with Crippen LogP contribution in [0.4, 0.5) is 5.69 Å². The topological polar surface area (TPSA) is 53.6 Å². The predicted octanol–water partition coefficient (Wildman–Crippen LogP) is 2.77. The van der Waals surface area contributed by atoms with E-state index in [1.165, 1.54) is 5.56 Å².